The number of ether oxygens (including phenoxy) is 1. The predicted molar refractivity (Wildman–Crippen MR) is 59.4 cm³/mol. The largest absolute Gasteiger partial charge is 0.466 e. The summed E-state index contributed by atoms with van der Waals surface area (Å²) >= 11 is 3.46. The minimum Gasteiger partial charge on any atom is -0.466 e. The van der Waals surface area contributed by atoms with E-state index >= 15 is 0 Å². The van der Waals surface area contributed by atoms with Gasteiger partial charge in [0.15, 0.2) is 0 Å². The third kappa shape index (κ3) is 3.50. The summed E-state index contributed by atoms with van der Waals surface area (Å²) in [7, 11) is 0. The maximum absolute atomic E-state index is 11.2. The van der Waals surface area contributed by atoms with Crippen LogP contribution in [0, 0.1) is 0 Å². The highest BCUT2D eigenvalue weighted by molar-refractivity contribution is 9.09. The SMILES string of the molecule is CCOC(=O)CC(Br)c1ccccc1. The summed E-state index contributed by atoms with van der Waals surface area (Å²) in [6.07, 6.45) is 0.373. The van der Waals surface area contributed by atoms with E-state index in [1.807, 2.05) is 37.3 Å². The first-order valence-corrected chi connectivity index (χ1v) is 5.50. The van der Waals surface area contributed by atoms with Gasteiger partial charge in [-0.05, 0) is 12.5 Å². The molecule has 0 bridgehead atoms. The average molecular weight is 257 g/mol. The van der Waals surface area contributed by atoms with Gasteiger partial charge in [-0.25, -0.2) is 0 Å². The second kappa shape index (κ2) is 5.81. The number of rotatable bonds is 4. The molecule has 0 radical (unpaired) electrons. The molecule has 1 rings (SSSR count). The first kappa shape index (κ1) is 11.2. The quantitative estimate of drug-likeness (QED) is 0.612. The van der Waals surface area contributed by atoms with Gasteiger partial charge in [-0.1, -0.05) is 46.3 Å². The van der Waals surface area contributed by atoms with Crippen LogP contribution < -0.4 is 0 Å². The minimum absolute atomic E-state index is 0.0442. The normalized spacial score (nSPS) is 12.1. The Kier molecular flexibility index (Phi) is 4.66. The molecule has 0 saturated heterocycles. The van der Waals surface area contributed by atoms with Crippen molar-refractivity contribution in [2.24, 2.45) is 0 Å². The van der Waals surface area contributed by atoms with Crippen LogP contribution >= 0.6 is 15.9 Å². The van der Waals surface area contributed by atoms with Crippen molar-refractivity contribution < 1.29 is 9.53 Å². The van der Waals surface area contributed by atoms with Crippen LogP contribution in [0.2, 0.25) is 0 Å². The number of benzene rings is 1. The summed E-state index contributed by atoms with van der Waals surface area (Å²) in [4.78, 5) is 11.2. The third-order valence-electron chi connectivity index (χ3n) is 1.81. The fourth-order valence-corrected chi connectivity index (χ4v) is 1.72. The summed E-state index contributed by atoms with van der Waals surface area (Å²) in [6, 6.07) is 9.83. The standard InChI is InChI=1S/C11H13BrO2/c1-2-14-11(13)8-10(12)9-6-4-3-5-7-9/h3-7,10H,2,8H2,1H3. The number of esters is 1. The highest BCUT2D eigenvalue weighted by Gasteiger charge is 2.12. The maximum Gasteiger partial charge on any atom is 0.307 e. The van der Waals surface area contributed by atoms with E-state index in [1.54, 1.807) is 0 Å². The molecule has 0 aliphatic carbocycles. The summed E-state index contributed by atoms with van der Waals surface area (Å²) < 4.78 is 4.87. The van der Waals surface area contributed by atoms with Gasteiger partial charge in [-0.15, -0.1) is 0 Å². The number of hydrogen-bond donors (Lipinski definition) is 0. The lowest BCUT2D eigenvalue weighted by Gasteiger charge is -2.08. The van der Waals surface area contributed by atoms with Gasteiger partial charge in [0.25, 0.3) is 0 Å². The zero-order valence-corrected chi connectivity index (χ0v) is 9.66. The Labute approximate surface area is 92.4 Å². The lowest BCUT2D eigenvalue weighted by molar-refractivity contribution is -0.143. The van der Waals surface area contributed by atoms with E-state index in [-0.39, 0.29) is 10.8 Å². The van der Waals surface area contributed by atoms with Crippen molar-refractivity contribution in [1.82, 2.24) is 0 Å². The van der Waals surface area contributed by atoms with E-state index in [0.717, 1.165) is 5.56 Å². The van der Waals surface area contributed by atoms with Crippen molar-refractivity contribution in [3.05, 3.63) is 35.9 Å². The zero-order valence-electron chi connectivity index (χ0n) is 8.07. The number of alkyl halides is 1. The monoisotopic (exact) mass is 256 g/mol. The molecule has 0 spiro atoms. The molecule has 0 aromatic heterocycles. The van der Waals surface area contributed by atoms with E-state index < -0.39 is 0 Å². The summed E-state index contributed by atoms with van der Waals surface area (Å²) in [6.45, 7) is 2.25. The van der Waals surface area contributed by atoms with Crippen molar-refractivity contribution in [3.8, 4) is 0 Å². The van der Waals surface area contributed by atoms with Gasteiger partial charge in [0.2, 0.25) is 0 Å². The molecule has 1 aromatic carbocycles. The first-order valence-electron chi connectivity index (χ1n) is 4.58. The molecular weight excluding hydrogens is 244 g/mol. The first-order chi connectivity index (χ1) is 6.74. The lowest BCUT2D eigenvalue weighted by atomic mass is 10.1. The highest BCUT2D eigenvalue weighted by Crippen LogP contribution is 2.26. The second-order valence-corrected chi connectivity index (χ2v) is 3.99. The molecule has 3 heteroatoms. The molecule has 2 nitrogen and oxygen atoms in total. The van der Waals surface area contributed by atoms with Crippen LogP contribution in [0.4, 0.5) is 0 Å². The predicted octanol–water partition coefficient (Wildman–Crippen LogP) is 3.08. The van der Waals surface area contributed by atoms with Gasteiger partial charge >= 0.3 is 5.97 Å². The molecule has 0 aliphatic rings. The van der Waals surface area contributed by atoms with E-state index in [4.69, 9.17) is 4.74 Å². The van der Waals surface area contributed by atoms with Gasteiger partial charge in [0, 0.05) is 4.83 Å². The van der Waals surface area contributed by atoms with Crippen LogP contribution in [0.1, 0.15) is 23.7 Å². The number of carbonyl (C=O) groups is 1. The average Bonchev–Trinajstić information content (AvgIpc) is 2.19. The van der Waals surface area contributed by atoms with E-state index in [9.17, 15) is 4.79 Å². The molecule has 1 aromatic rings. The van der Waals surface area contributed by atoms with Crippen LogP contribution in [0.5, 0.6) is 0 Å². The fraction of sp³-hybridized carbons (Fsp3) is 0.364. The molecule has 76 valence electrons. The lowest BCUT2D eigenvalue weighted by Crippen LogP contribution is -2.06. The Morgan fingerprint density at radius 2 is 2.07 bits per heavy atom. The van der Waals surface area contributed by atoms with Crippen molar-refractivity contribution in [1.29, 1.82) is 0 Å². The molecule has 0 saturated carbocycles. The Balaban J connectivity index is 2.50. The third-order valence-corrected chi connectivity index (χ3v) is 2.66. The Morgan fingerprint density at radius 3 is 2.64 bits per heavy atom. The fourth-order valence-electron chi connectivity index (χ4n) is 1.15. The summed E-state index contributed by atoms with van der Waals surface area (Å²) in [5, 5.41) is 0. The Morgan fingerprint density at radius 1 is 1.43 bits per heavy atom. The number of halogens is 1. The molecule has 14 heavy (non-hydrogen) atoms. The molecule has 0 N–H and O–H groups in total. The molecule has 0 heterocycles. The van der Waals surface area contributed by atoms with E-state index in [2.05, 4.69) is 15.9 Å². The molecule has 1 unspecified atom stereocenters. The van der Waals surface area contributed by atoms with Crippen LogP contribution in [-0.2, 0) is 9.53 Å². The van der Waals surface area contributed by atoms with Crippen molar-refractivity contribution in [2.45, 2.75) is 18.2 Å². The van der Waals surface area contributed by atoms with Crippen molar-refractivity contribution in [3.63, 3.8) is 0 Å². The second-order valence-electron chi connectivity index (χ2n) is 2.89. The smallest absolute Gasteiger partial charge is 0.307 e. The van der Waals surface area contributed by atoms with E-state index in [1.165, 1.54) is 0 Å². The Bertz CT molecular complexity index is 285. The van der Waals surface area contributed by atoms with E-state index in [0.29, 0.717) is 13.0 Å². The van der Waals surface area contributed by atoms with Gasteiger partial charge in [0.1, 0.15) is 0 Å². The van der Waals surface area contributed by atoms with Crippen molar-refractivity contribution in [2.75, 3.05) is 6.61 Å². The molecule has 0 aliphatic heterocycles. The van der Waals surface area contributed by atoms with Crippen LogP contribution in [0.3, 0.4) is 0 Å². The highest BCUT2D eigenvalue weighted by atomic mass is 79.9. The maximum atomic E-state index is 11.2. The number of carbonyl (C=O) groups excluding carboxylic acids is 1. The van der Waals surface area contributed by atoms with Crippen LogP contribution in [0.25, 0.3) is 0 Å². The van der Waals surface area contributed by atoms with Crippen LogP contribution in [-0.4, -0.2) is 12.6 Å². The van der Waals surface area contributed by atoms with Gasteiger partial charge in [-0.2, -0.15) is 0 Å². The molecular formula is C11H13BrO2. The summed E-state index contributed by atoms with van der Waals surface area (Å²) in [5.41, 5.74) is 1.10. The van der Waals surface area contributed by atoms with Gasteiger partial charge in [-0.3, -0.25) is 4.79 Å². The van der Waals surface area contributed by atoms with Crippen LogP contribution in [0.15, 0.2) is 30.3 Å². The Hall–Kier alpha value is -0.830. The van der Waals surface area contributed by atoms with Crippen molar-refractivity contribution >= 4 is 21.9 Å². The number of hydrogen-bond acceptors (Lipinski definition) is 2. The topological polar surface area (TPSA) is 26.3 Å². The molecule has 0 amide bonds. The van der Waals surface area contributed by atoms with Gasteiger partial charge in [0.05, 0.1) is 13.0 Å². The molecule has 1 atom stereocenters. The molecule has 0 fully saturated rings. The minimum atomic E-state index is -0.168. The van der Waals surface area contributed by atoms with Gasteiger partial charge < -0.3 is 4.74 Å². The zero-order chi connectivity index (χ0) is 10.4. The summed E-state index contributed by atoms with van der Waals surface area (Å²) in [5.74, 6) is -0.168.